The normalized spacial score (nSPS) is 20.3. The van der Waals surface area contributed by atoms with Crippen molar-refractivity contribution in [2.75, 3.05) is 12.9 Å². The molecule has 0 N–H and O–H groups in total. The summed E-state index contributed by atoms with van der Waals surface area (Å²) in [5.74, 6) is 0.888. The molecule has 0 amide bonds. The van der Waals surface area contributed by atoms with Gasteiger partial charge in [0.05, 0.1) is 5.88 Å². The first-order valence-corrected chi connectivity index (χ1v) is 3.23. The van der Waals surface area contributed by atoms with E-state index in [9.17, 15) is 0 Å². The maximum absolute atomic E-state index is 5.48. The Balaban J connectivity index is 2.50. The van der Waals surface area contributed by atoms with E-state index in [0.29, 0.717) is 4.50 Å². The third-order valence-corrected chi connectivity index (χ3v) is 1.85. The molecule has 0 saturated carbocycles. The largest absolute Gasteiger partial charge is 0.288 e. The number of rotatable bonds is 0. The molecule has 2 nitrogen and oxygen atoms in total. The van der Waals surface area contributed by atoms with Crippen molar-refractivity contribution in [3.05, 3.63) is 0 Å². The van der Waals surface area contributed by atoms with Crippen LogP contribution in [0.25, 0.3) is 0 Å². The molecule has 0 aromatic heterocycles. The van der Waals surface area contributed by atoms with Gasteiger partial charge in [0.15, 0.2) is 4.50 Å². The lowest BCUT2D eigenvalue weighted by atomic mass is 11.2. The van der Waals surface area contributed by atoms with Crippen molar-refractivity contribution in [1.29, 1.82) is 0 Å². The molecule has 4 heteroatoms. The highest BCUT2D eigenvalue weighted by Gasteiger charge is 2.06. The van der Waals surface area contributed by atoms with Crippen molar-refractivity contribution < 1.29 is 0 Å². The van der Waals surface area contributed by atoms with E-state index in [4.69, 9.17) is 11.6 Å². The van der Waals surface area contributed by atoms with Crippen molar-refractivity contribution in [1.82, 2.24) is 5.01 Å². The summed E-state index contributed by atoms with van der Waals surface area (Å²) in [5.41, 5.74) is 0. The molecule has 1 rings (SSSR count). The van der Waals surface area contributed by atoms with Crippen molar-refractivity contribution in [2.45, 2.75) is 0 Å². The number of hydrogen-bond donors (Lipinski definition) is 0. The zero-order chi connectivity index (χ0) is 5.28. The lowest BCUT2D eigenvalue weighted by molar-refractivity contribution is 0.430. The van der Waals surface area contributed by atoms with E-state index in [1.807, 2.05) is 7.05 Å². The number of hydrazone groups is 1. The summed E-state index contributed by atoms with van der Waals surface area (Å²) in [7, 11) is 1.89. The zero-order valence-corrected chi connectivity index (χ0v) is 5.46. The van der Waals surface area contributed by atoms with Crippen LogP contribution in [0.1, 0.15) is 0 Å². The topological polar surface area (TPSA) is 15.6 Å². The molecule has 0 radical (unpaired) electrons. The Hall–Kier alpha value is 0.110. The molecule has 40 valence electrons. The molecule has 1 aliphatic heterocycles. The van der Waals surface area contributed by atoms with Crippen LogP contribution in [-0.4, -0.2) is 22.4 Å². The Morgan fingerprint density at radius 3 is 2.86 bits per heavy atom. The molecule has 0 aromatic carbocycles. The van der Waals surface area contributed by atoms with Gasteiger partial charge in [-0.25, -0.2) is 0 Å². The number of hydrogen-bond acceptors (Lipinski definition) is 3. The molecule has 0 aliphatic carbocycles. The second-order valence-electron chi connectivity index (χ2n) is 1.28. The van der Waals surface area contributed by atoms with E-state index in [-0.39, 0.29) is 0 Å². The highest BCUT2D eigenvalue weighted by atomic mass is 35.5. The van der Waals surface area contributed by atoms with Crippen molar-refractivity contribution in [3.63, 3.8) is 0 Å². The second-order valence-corrected chi connectivity index (χ2v) is 2.80. The van der Waals surface area contributed by atoms with E-state index >= 15 is 0 Å². The van der Waals surface area contributed by atoms with Crippen LogP contribution >= 0.6 is 23.4 Å². The van der Waals surface area contributed by atoms with Crippen LogP contribution in [0, 0.1) is 0 Å². The van der Waals surface area contributed by atoms with Crippen LogP contribution in [0.5, 0.6) is 0 Å². The Labute approximate surface area is 51.5 Å². The van der Waals surface area contributed by atoms with Gasteiger partial charge in [-0.3, -0.25) is 5.01 Å². The summed E-state index contributed by atoms with van der Waals surface area (Å²) >= 11 is 7.03. The van der Waals surface area contributed by atoms with Crippen LogP contribution in [0.4, 0.5) is 0 Å². The van der Waals surface area contributed by atoms with E-state index in [0.717, 1.165) is 5.88 Å². The molecule has 0 aromatic rings. The Kier molecular flexibility index (Phi) is 1.44. The van der Waals surface area contributed by atoms with Crippen LogP contribution in [0.3, 0.4) is 0 Å². The van der Waals surface area contributed by atoms with Gasteiger partial charge in [-0.15, -0.1) is 0 Å². The summed E-state index contributed by atoms with van der Waals surface area (Å²) in [6.45, 7) is 0. The third-order valence-electron chi connectivity index (χ3n) is 0.620. The second kappa shape index (κ2) is 1.92. The minimum Gasteiger partial charge on any atom is -0.288 e. The molecule has 0 spiro atoms. The fraction of sp³-hybridized carbons (Fsp3) is 0.667. The molecule has 0 bridgehead atoms. The lowest BCUT2D eigenvalue weighted by Gasteiger charge is -1.98. The lowest BCUT2D eigenvalue weighted by Crippen LogP contribution is -2.02. The number of nitrogens with zero attached hydrogens (tertiary/aromatic N) is 2. The average molecular weight is 137 g/mol. The van der Waals surface area contributed by atoms with Gasteiger partial charge in [0.2, 0.25) is 0 Å². The van der Waals surface area contributed by atoms with Crippen LogP contribution in [0.15, 0.2) is 5.10 Å². The first-order chi connectivity index (χ1) is 3.29. The highest BCUT2D eigenvalue weighted by molar-refractivity contribution is 8.16. The van der Waals surface area contributed by atoms with Crippen molar-refractivity contribution >= 4 is 27.9 Å². The van der Waals surface area contributed by atoms with E-state index in [1.54, 1.807) is 16.8 Å². The zero-order valence-electron chi connectivity index (χ0n) is 3.89. The van der Waals surface area contributed by atoms with Crippen LogP contribution < -0.4 is 0 Å². The monoisotopic (exact) mass is 136 g/mol. The van der Waals surface area contributed by atoms with Gasteiger partial charge in [-0.05, 0) is 0 Å². The molecule has 0 atom stereocenters. The van der Waals surface area contributed by atoms with Gasteiger partial charge in [0, 0.05) is 7.05 Å². The van der Waals surface area contributed by atoms with Crippen LogP contribution in [-0.2, 0) is 0 Å². The highest BCUT2D eigenvalue weighted by Crippen LogP contribution is 2.16. The summed E-state index contributed by atoms with van der Waals surface area (Å²) in [4.78, 5) is 0. The summed E-state index contributed by atoms with van der Waals surface area (Å²) < 4.78 is 0.641. The number of halogens is 1. The van der Waals surface area contributed by atoms with Gasteiger partial charge in [0.1, 0.15) is 0 Å². The predicted octanol–water partition coefficient (Wildman–Crippen LogP) is 1.13. The standard InChI is InChI=1S/C3H5ClN2S/c1-6-2-7-3(4)5-6/h2H2,1H3. The van der Waals surface area contributed by atoms with Crippen LogP contribution in [0.2, 0.25) is 0 Å². The molecule has 1 aliphatic rings. The first kappa shape index (κ1) is 5.25. The maximum Gasteiger partial charge on any atom is 0.184 e. The minimum absolute atomic E-state index is 0.641. The third kappa shape index (κ3) is 1.24. The van der Waals surface area contributed by atoms with E-state index in [1.165, 1.54) is 0 Å². The average Bonchev–Trinajstić information content (AvgIpc) is 1.87. The smallest absolute Gasteiger partial charge is 0.184 e. The predicted molar refractivity (Wildman–Crippen MR) is 33.5 cm³/mol. The summed E-state index contributed by atoms with van der Waals surface area (Å²) in [6, 6.07) is 0. The van der Waals surface area contributed by atoms with E-state index < -0.39 is 0 Å². The van der Waals surface area contributed by atoms with Gasteiger partial charge >= 0.3 is 0 Å². The quantitative estimate of drug-likeness (QED) is 0.496. The van der Waals surface area contributed by atoms with E-state index in [2.05, 4.69) is 5.10 Å². The Morgan fingerprint density at radius 1 is 2.00 bits per heavy atom. The molecule has 0 saturated heterocycles. The van der Waals surface area contributed by atoms with Crippen molar-refractivity contribution in [3.8, 4) is 0 Å². The minimum atomic E-state index is 0.641. The van der Waals surface area contributed by atoms with Gasteiger partial charge < -0.3 is 0 Å². The molecular weight excluding hydrogens is 132 g/mol. The molecule has 7 heavy (non-hydrogen) atoms. The Morgan fingerprint density at radius 2 is 2.71 bits per heavy atom. The van der Waals surface area contributed by atoms with Crippen molar-refractivity contribution in [2.24, 2.45) is 5.10 Å². The molecule has 1 heterocycles. The fourth-order valence-electron chi connectivity index (χ4n) is 0.339. The molecule has 0 fully saturated rings. The number of thioether (sulfide) groups is 1. The Bertz CT molecular complexity index is 103. The molecule has 0 unspecified atom stereocenters. The van der Waals surface area contributed by atoms with Gasteiger partial charge in [-0.2, -0.15) is 5.10 Å². The maximum atomic E-state index is 5.48. The van der Waals surface area contributed by atoms with Gasteiger partial charge in [-0.1, -0.05) is 23.4 Å². The molecular formula is C3H5ClN2S. The SMILES string of the molecule is CN1CSC(Cl)=N1. The summed E-state index contributed by atoms with van der Waals surface area (Å²) in [5, 5.41) is 5.67. The first-order valence-electron chi connectivity index (χ1n) is 1.87. The summed E-state index contributed by atoms with van der Waals surface area (Å²) in [6.07, 6.45) is 0. The fourth-order valence-corrected chi connectivity index (χ4v) is 1.16. The van der Waals surface area contributed by atoms with Gasteiger partial charge in [0.25, 0.3) is 0 Å².